The number of nitro groups is 1. The molecule has 1 aliphatic rings. The number of methoxy groups -OCH3 is 1. The average molecular weight is 371 g/mol. The number of hydrogen-bond acceptors (Lipinski definition) is 7. The first-order valence-corrected chi connectivity index (χ1v) is 8.10. The van der Waals surface area contributed by atoms with E-state index in [0.29, 0.717) is 23.6 Å². The Labute approximate surface area is 154 Å². The number of anilines is 1. The molecule has 0 spiro atoms. The van der Waals surface area contributed by atoms with E-state index in [9.17, 15) is 14.9 Å². The predicted octanol–water partition coefficient (Wildman–Crippen LogP) is 3.35. The highest BCUT2D eigenvalue weighted by Gasteiger charge is 2.23. The molecular formula is C18H17N3O6. The van der Waals surface area contributed by atoms with Crippen molar-refractivity contribution in [3.8, 4) is 5.75 Å². The molecule has 0 saturated carbocycles. The molecule has 1 heterocycles. The molecule has 1 unspecified atom stereocenters. The van der Waals surface area contributed by atoms with Crippen LogP contribution in [0.4, 0.5) is 16.2 Å². The maximum absolute atomic E-state index is 11.2. The number of nitrogens with zero attached hydrogens (tertiary/aromatic N) is 2. The van der Waals surface area contributed by atoms with Crippen molar-refractivity contribution in [1.82, 2.24) is 0 Å². The number of non-ortho nitro benzene ring substituents is 1. The zero-order chi connectivity index (χ0) is 19.2. The van der Waals surface area contributed by atoms with Gasteiger partial charge in [0, 0.05) is 30.3 Å². The summed E-state index contributed by atoms with van der Waals surface area (Å²) in [4.78, 5) is 26.9. The molecule has 0 radical (unpaired) electrons. The number of carbonyl (C=O) groups excluding carboxylic acids is 1. The van der Waals surface area contributed by atoms with E-state index in [1.165, 1.54) is 19.2 Å². The van der Waals surface area contributed by atoms with Crippen molar-refractivity contribution in [2.24, 2.45) is 5.16 Å². The maximum atomic E-state index is 11.2. The number of amides is 1. The van der Waals surface area contributed by atoms with Gasteiger partial charge in [-0.3, -0.25) is 15.4 Å². The van der Waals surface area contributed by atoms with Crippen LogP contribution in [0.3, 0.4) is 0 Å². The number of hydrogen-bond donors (Lipinski definition) is 1. The lowest BCUT2D eigenvalue weighted by Crippen LogP contribution is -2.18. The number of benzene rings is 2. The molecule has 2 aromatic rings. The van der Waals surface area contributed by atoms with Crippen molar-refractivity contribution in [2.45, 2.75) is 12.5 Å². The van der Waals surface area contributed by atoms with Crippen LogP contribution in [0, 0.1) is 10.1 Å². The lowest BCUT2D eigenvalue weighted by atomic mass is 10.1. The highest BCUT2D eigenvalue weighted by molar-refractivity contribution is 6.01. The summed E-state index contributed by atoms with van der Waals surface area (Å²) in [5, 5.41) is 17.3. The maximum Gasteiger partial charge on any atom is 0.411 e. The largest absolute Gasteiger partial charge is 0.490 e. The molecule has 0 aromatic heterocycles. The number of nitrogens with one attached hydrogen (secondary N) is 1. The number of ether oxygens (including phenoxy) is 2. The molecule has 0 bridgehead atoms. The van der Waals surface area contributed by atoms with Crippen molar-refractivity contribution >= 4 is 23.2 Å². The van der Waals surface area contributed by atoms with Gasteiger partial charge in [0.05, 0.1) is 17.7 Å². The quantitative estimate of drug-likeness (QED) is 0.615. The third-order valence-corrected chi connectivity index (χ3v) is 3.85. The SMILES string of the molecule is COC(=O)Nc1cccc(OCC2CC(c3ccc([N+](=O)[O-])cc3)=NO2)c1. The fourth-order valence-electron chi connectivity index (χ4n) is 2.49. The summed E-state index contributed by atoms with van der Waals surface area (Å²) in [6.07, 6.45) is -0.308. The highest BCUT2D eigenvalue weighted by atomic mass is 16.7. The van der Waals surface area contributed by atoms with Crippen LogP contribution in [0.15, 0.2) is 53.7 Å². The van der Waals surface area contributed by atoms with E-state index in [-0.39, 0.29) is 18.4 Å². The first kappa shape index (κ1) is 18.2. The molecule has 1 amide bonds. The summed E-state index contributed by atoms with van der Waals surface area (Å²) < 4.78 is 10.2. The molecular weight excluding hydrogens is 354 g/mol. The summed E-state index contributed by atoms with van der Waals surface area (Å²) >= 11 is 0. The lowest BCUT2D eigenvalue weighted by Gasteiger charge is -2.11. The van der Waals surface area contributed by atoms with Gasteiger partial charge < -0.3 is 14.3 Å². The lowest BCUT2D eigenvalue weighted by molar-refractivity contribution is -0.384. The van der Waals surface area contributed by atoms with E-state index < -0.39 is 11.0 Å². The Morgan fingerprint density at radius 2 is 2.11 bits per heavy atom. The zero-order valence-corrected chi connectivity index (χ0v) is 14.5. The standard InChI is InChI=1S/C18H17N3O6/c1-25-18(22)19-13-3-2-4-15(9-13)26-11-16-10-17(20-27-16)12-5-7-14(8-6-12)21(23)24/h2-9,16H,10-11H2,1H3,(H,19,22). The monoisotopic (exact) mass is 371 g/mol. The molecule has 27 heavy (non-hydrogen) atoms. The van der Waals surface area contributed by atoms with Gasteiger partial charge in [0.2, 0.25) is 0 Å². The third kappa shape index (κ3) is 4.72. The van der Waals surface area contributed by atoms with Gasteiger partial charge in [0.25, 0.3) is 5.69 Å². The van der Waals surface area contributed by atoms with Crippen molar-refractivity contribution in [3.05, 3.63) is 64.2 Å². The van der Waals surface area contributed by atoms with Crippen LogP contribution in [0.2, 0.25) is 0 Å². The van der Waals surface area contributed by atoms with Crippen LogP contribution >= 0.6 is 0 Å². The number of nitro benzene ring substituents is 1. The molecule has 0 aliphatic carbocycles. The third-order valence-electron chi connectivity index (χ3n) is 3.85. The van der Waals surface area contributed by atoms with Crippen molar-refractivity contribution in [2.75, 3.05) is 19.0 Å². The van der Waals surface area contributed by atoms with Crippen LogP contribution < -0.4 is 10.1 Å². The average Bonchev–Trinajstić information content (AvgIpc) is 3.15. The first-order chi connectivity index (χ1) is 13.0. The van der Waals surface area contributed by atoms with Crippen LogP contribution in [-0.2, 0) is 9.57 Å². The Kier molecular flexibility index (Phi) is 5.50. The Morgan fingerprint density at radius 3 is 2.81 bits per heavy atom. The molecule has 140 valence electrons. The molecule has 1 N–H and O–H groups in total. The van der Waals surface area contributed by atoms with Gasteiger partial charge >= 0.3 is 6.09 Å². The molecule has 1 aliphatic heterocycles. The van der Waals surface area contributed by atoms with Gasteiger partial charge in [-0.25, -0.2) is 4.79 Å². The minimum atomic E-state index is -0.563. The molecule has 2 aromatic carbocycles. The molecule has 1 atom stereocenters. The van der Waals surface area contributed by atoms with E-state index in [2.05, 4.69) is 15.2 Å². The number of carbonyl (C=O) groups is 1. The van der Waals surface area contributed by atoms with Gasteiger partial charge in [0.15, 0.2) is 6.10 Å². The molecule has 3 rings (SSSR count). The van der Waals surface area contributed by atoms with E-state index in [1.807, 2.05) is 0 Å². The first-order valence-electron chi connectivity index (χ1n) is 8.10. The molecule has 9 nitrogen and oxygen atoms in total. The van der Waals surface area contributed by atoms with E-state index in [4.69, 9.17) is 9.57 Å². The summed E-state index contributed by atoms with van der Waals surface area (Å²) in [5.74, 6) is 0.566. The predicted molar refractivity (Wildman–Crippen MR) is 97.1 cm³/mol. The van der Waals surface area contributed by atoms with Gasteiger partial charge in [-0.2, -0.15) is 0 Å². The summed E-state index contributed by atoms with van der Waals surface area (Å²) in [6.45, 7) is 0.266. The van der Waals surface area contributed by atoms with Crippen LogP contribution in [0.1, 0.15) is 12.0 Å². The van der Waals surface area contributed by atoms with E-state index in [1.54, 1.807) is 36.4 Å². The Bertz CT molecular complexity index is 866. The molecule has 9 heteroatoms. The molecule has 0 fully saturated rings. The van der Waals surface area contributed by atoms with E-state index >= 15 is 0 Å². The zero-order valence-electron chi connectivity index (χ0n) is 14.5. The normalized spacial score (nSPS) is 15.4. The topological polar surface area (TPSA) is 112 Å². The fraction of sp³-hybridized carbons (Fsp3) is 0.222. The fourth-order valence-corrected chi connectivity index (χ4v) is 2.49. The van der Waals surface area contributed by atoms with Crippen molar-refractivity contribution in [1.29, 1.82) is 0 Å². The Balaban J connectivity index is 1.53. The summed E-state index contributed by atoms with van der Waals surface area (Å²) in [7, 11) is 1.29. The minimum absolute atomic E-state index is 0.0265. The van der Waals surface area contributed by atoms with Crippen molar-refractivity contribution in [3.63, 3.8) is 0 Å². The van der Waals surface area contributed by atoms with Gasteiger partial charge in [-0.15, -0.1) is 0 Å². The molecule has 0 saturated heterocycles. The second kappa shape index (κ2) is 8.17. The van der Waals surface area contributed by atoms with Gasteiger partial charge in [0.1, 0.15) is 12.4 Å². The summed E-state index contributed by atoms with van der Waals surface area (Å²) in [5.41, 5.74) is 2.06. The Morgan fingerprint density at radius 1 is 1.33 bits per heavy atom. The minimum Gasteiger partial charge on any atom is -0.490 e. The van der Waals surface area contributed by atoms with Crippen LogP contribution in [-0.4, -0.2) is 36.5 Å². The number of rotatable bonds is 6. The smallest absolute Gasteiger partial charge is 0.411 e. The summed E-state index contributed by atoms with van der Waals surface area (Å²) in [6, 6.07) is 13.0. The second-order valence-electron chi connectivity index (χ2n) is 5.73. The second-order valence-corrected chi connectivity index (χ2v) is 5.73. The van der Waals surface area contributed by atoms with Crippen LogP contribution in [0.5, 0.6) is 5.75 Å². The van der Waals surface area contributed by atoms with Crippen LogP contribution in [0.25, 0.3) is 0 Å². The van der Waals surface area contributed by atoms with Gasteiger partial charge in [-0.05, 0) is 29.8 Å². The Hall–Kier alpha value is -3.62. The highest BCUT2D eigenvalue weighted by Crippen LogP contribution is 2.22. The van der Waals surface area contributed by atoms with E-state index in [0.717, 1.165) is 5.56 Å². The number of oxime groups is 1. The van der Waals surface area contributed by atoms with Crippen molar-refractivity contribution < 1.29 is 24.0 Å². The van der Waals surface area contributed by atoms with Gasteiger partial charge in [-0.1, -0.05) is 11.2 Å².